The lowest BCUT2D eigenvalue weighted by molar-refractivity contribution is -0.0867. The average Bonchev–Trinajstić information content (AvgIpc) is 3.14. The van der Waals surface area contributed by atoms with Gasteiger partial charge in [-0.1, -0.05) is 0 Å². The molecule has 3 fully saturated rings. The molecule has 0 aromatic carbocycles. The number of anilines is 1. The lowest BCUT2D eigenvalue weighted by atomic mass is 9.86. The molecule has 0 bridgehead atoms. The second-order valence-electron chi connectivity index (χ2n) is 6.86. The summed E-state index contributed by atoms with van der Waals surface area (Å²) in [6.45, 7) is 3.05. The fourth-order valence-electron chi connectivity index (χ4n) is 3.58. The highest BCUT2D eigenvalue weighted by Gasteiger charge is 2.46. The maximum atomic E-state index is 12.3. The highest BCUT2D eigenvalue weighted by atomic mass is 16.5. The second-order valence-corrected chi connectivity index (χ2v) is 6.86. The van der Waals surface area contributed by atoms with Crippen molar-refractivity contribution in [1.29, 1.82) is 0 Å². The monoisotopic (exact) mass is 320 g/mol. The Kier molecular flexibility index (Phi) is 3.98. The Morgan fingerprint density at radius 3 is 2.91 bits per heavy atom. The lowest BCUT2D eigenvalue weighted by Gasteiger charge is -2.37. The number of hydrogen-bond donors (Lipinski definition) is 2. The van der Waals surface area contributed by atoms with Gasteiger partial charge >= 0.3 is 6.03 Å². The van der Waals surface area contributed by atoms with Crippen LogP contribution in [0, 0.1) is 5.92 Å². The van der Waals surface area contributed by atoms with Crippen LogP contribution in [0.1, 0.15) is 32.1 Å². The van der Waals surface area contributed by atoms with Gasteiger partial charge in [-0.05, 0) is 25.2 Å². The van der Waals surface area contributed by atoms with E-state index in [0.717, 1.165) is 37.4 Å². The summed E-state index contributed by atoms with van der Waals surface area (Å²) in [5, 5.41) is 10.3. The van der Waals surface area contributed by atoms with Gasteiger partial charge in [-0.2, -0.15) is 5.10 Å². The maximum Gasteiger partial charge on any atom is 0.319 e. The Morgan fingerprint density at radius 1 is 1.30 bits per heavy atom. The average molecular weight is 320 g/mol. The Hall–Kier alpha value is -1.60. The van der Waals surface area contributed by atoms with Crippen molar-refractivity contribution in [3.05, 3.63) is 12.4 Å². The molecule has 2 saturated heterocycles. The fraction of sp³-hybridized carbons (Fsp3) is 0.750. The van der Waals surface area contributed by atoms with E-state index < -0.39 is 0 Å². The molecule has 1 aromatic rings. The molecule has 7 nitrogen and oxygen atoms in total. The van der Waals surface area contributed by atoms with E-state index in [1.807, 2.05) is 10.9 Å². The van der Waals surface area contributed by atoms with Gasteiger partial charge in [0, 0.05) is 45.4 Å². The minimum absolute atomic E-state index is 0.0490. The highest BCUT2D eigenvalue weighted by Crippen LogP contribution is 2.35. The van der Waals surface area contributed by atoms with Gasteiger partial charge in [-0.25, -0.2) is 4.79 Å². The van der Waals surface area contributed by atoms with E-state index in [1.165, 1.54) is 12.8 Å². The molecule has 1 spiro atoms. The van der Waals surface area contributed by atoms with E-state index in [0.29, 0.717) is 19.8 Å². The van der Waals surface area contributed by atoms with Crippen molar-refractivity contribution in [2.45, 2.75) is 50.3 Å². The minimum atomic E-state index is -0.244. The van der Waals surface area contributed by atoms with Gasteiger partial charge in [0.25, 0.3) is 0 Å². The van der Waals surface area contributed by atoms with Crippen LogP contribution in [0.4, 0.5) is 10.5 Å². The zero-order chi connectivity index (χ0) is 15.7. The van der Waals surface area contributed by atoms with Crippen LogP contribution in [0.3, 0.4) is 0 Å². The highest BCUT2D eigenvalue weighted by molar-refractivity contribution is 5.89. The van der Waals surface area contributed by atoms with Gasteiger partial charge in [0.15, 0.2) is 0 Å². The fourth-order valence-corrected chi connectivity index (χ4v) is 3.58. The number of hydrogen-bond acceptors (Lipinski definition) is 4. The summed E-state index contributed by atoms with van der Waals surface area (Å²) in [7, 11) is 0. The third-order valence-electron chi connectivity index (χ3n) is 5.11. The van der Waals surface area contributed by atoms with Gasteiger partial charge in [-0.15, -0.1) is 0 Å². The number of nitrogens with zero attached hydrogens (tertiary/aromatic N) is 2. The molecule has 1 unspecified atom stereocenters. The Morgan fingerprint density at radius 2 is 2.13 bits per heavy atom. The van der Waals surface area contributed by atoms with Crippen LogP contribution in [-0.4, -0.2) is 47.3 Å². The summed E-state index contributed by atoms with van der Waals surface area (Å²) in [6, 6.07) is -0.134. The largest absolute Gasteiger partial charge is 0.381 e. The number of carbonyl (C=O) groups excluding carboxylic acids is 1. The first-order chi connectivity index (χ1) is 11.2. The number of amides is 2. The van der Waals surface area contributed by atoms with Crippen LogP contribution < -0.4 is 10.6 Å². The molecule has 4 rings (SSSR count). The zero-order valence-corrected chi connectivity index (χ0v) is 13.3. The maximum absolute atomic E-state index is 12.3. The van der Waals surface area contributed by atoms with Crippen molar-refractivity contribution in [2.75, 3.05) is 25.1 Å². The molecule has 2 N–H and O–H groups in total. The minimum Gasteiger partial charge on any atom is -0.381 e. The zero-order valence-electron chi connectivity index (χ0n) is 13.3. The van der Waals surface area contributed by atoms with Gasteiger partial charge in [0.05, 0.1) is 23.5 Å². The smallest absolute Gasteiger partial charge is 0.319 e. The Bertz CT molecular complexity index is 563. The Balaban J connectivity index is 1.33. The topological polar surface area (TPSA) is 77.4 Å². The van der Waals surface area contributed by atoms with Crippen molar-refractivity contribution in [3.8, 4) is 0 Å². The van der Waals surface area contributed by atoms with Crippen LogP contribution in [0.5, 0.6) is 0 Å². The van der Waals surface area contributed by atoms with E-state index in [9.17, 15) is 4.79 Å². The van der Waals surface area contributed by atoms with Gasteiger partial charge in [-0.3, -0.25) is 4.68 Å². The summed E-state index contributed by atoms with van der Waals surface area (Å²) in [6.07, 6.45) is 8.72. The SMILES string of the molecule is O=C(Nc1cnn(CC2CC2)c1)NC1CCOC12CCOCC2. The molecule has 2 aliphatic heterocycles. The van der Waals surface area contributed by atoms with Crippen molar-refractivity contribution in [3.63, 3.8) is 0 Å². The van der Waals surface area contributed by atoms with Crippen LogP contribution in [0.2, 0.25) is 0 Å². The Labute approximate surface area is 135 Å². The molecule has 1 aromatic heterocycles. The normalized spacial score (nSPS) is 26.3. The van der Waals surface area contributed by atoms with E-state index in [1.54, 1.807) is 6.20 Å². The molecule has 3 heterocycles. The first-order valence-corrected chi connectivity index (χ1v) is 8.55. The predicted octanol–water partition coefficient (Wildman–Crippen LogP) is 1.75. The summed E-state index contributed by atoms with van der Waals surface area (Å²) < 4.78 is 13.3. The molecule has 2 amide bonds. The molecule has 1 saturated carbocycles. The van der Waals surface area contributed by atoms with E-state index in [-0.39, 0.29) is 17.7 Å². The summed E-state index contributed by atoms with van der Waals surface area (Å²) in [4.78, 5) is 12.3. The summed E-state index contributed by atoms with van der Waals surface area (Å²) in [5.41, 5.74) is 0.495. The van der Waals surface area contributed by atoms with Crippen LogP contribution >= 0.6 is 0 Å². The van der Waals surface area contributed by atoms with Gasteiger partial charge < -0.3 is 20.1 Å². The molecule has 23 heavy (non-hydrogen) atoms. The van der Waals surface area contributed by atoms with Gasteiger partial charge in [0.2, 0.25) is 0 Å². The van der Waals surface area contributed by atoms with Crippen molar-refractivity contribution < 1.29 is 14.3 Å². The van der Waals surface area contributed by atoms with Crippen molar-refractivity contribution >= 4 is 11.7 Å². The number of aromatic nitrogens is 2. The van der Waals surface area contributed by atoms with Gasteiger partial charge in [0.1, 0.15) is 0 Å². The number of nitrogens with one attached hydrogen (secondary N) is 2. The third-order valence-corrected chi connectivity index (χ3v) is 5.11. The molecular weight excluding hydrogens is 296 g/mol. The first-order valence-electron chi connectivity index (χ1n) is 8.55. The second kappa shape index (κ2) is 6.13. The number of urea groups is 1. The lowest BCUT2D eigenvalue weighted by Crippen LogP contribution is -2.53. The predicted molar refractivity (Wildman–Crippen MR) is 84.2 cm³/mol. The number of carbonyl (C=O) groups is 1. The first kappa shape index (κ1) is 15.0. The van der Waals surface area contributed by atoms with Crippen LogP contribution in [0.15, 0.2) is 12.4 Å². The molecule has 3 aliphatic rings. The van der Waals surface area contributed by atoms with E-state index in [4.69, 9.17) is 9.47 Å². The van der Waals surface area contributed by atoms with E-state index >= 15 is 0 Å². The molecular formula is C16H24N4O3. The summed E-state index contributed by atoms with van der Waals surface area (Å²) in [5.74, 6) is 0.764. The summed E-state index contributed by atoms with van der Waals surface area (Å²) >= 11 is 0. The van der Waals surface area contributed by atoms with Crippen molar-refractivity contribution in [2.24, 2.45) is 5.92 Å². The number of rotatable bonds is 4. The molecule has 0 radical (unpaired) electrons. The van der Waals surface area contributed by atoms with Crippen molar-refractivity contribution in [1.82, 2.24) is 15.1 Å². The number of ether oxygens (including phenoxy) is 2. The molecule has 126 valence electrons. The van der Waals surface area contributed by atoms with Crippen LogP contribution in [0.25, 0.3) is 0 Å². The molecule has 1 atom stereocenters. The van der Waals surface area contributed by atoms with E-state index in [2.05, 4.69) is 15.7 Å². The quantitative estimate of drug-likeness (QED) is 0.886. The standard InChI is InChI=1S/C16H24N4O3/c21-15(18-13-9-17-20(11-13)10-12-1-2-12)19-14-3-6-23-16(14)4-7-22-8-5-16/h9,11-12,14H,1-8,10H2,(H2,18,19,21). The third kappa shape index (κ3) is 3.35. The van der Waals surface area contributed by atoms with Crippen LogP contribution in [-0.2, 0) is 16.0 Å². The molecule has 7 heteroatoms. The molecule has 1 aliphatic carbocycles.